The Labute approximate surface area is 214 Å². The number of carbonyl (C=O) groups excluding carboxylic acids is 1. The standard InChI is InChI=1S/C28H27N5O2S/c1-18-8-7-9-20(16-18)17-36-28-31-27-29-19(2)24(26(34)30-22-10-5-4-6-11-22)25(33(27)32-28)21-12-14-23(35-3)15-13-21/h4-16,25H,17H2,1-3H3,(H,30,34)(H,29,31,32)/t25-/m1/s1. The molecular formula is C28H27N5O2S. The van der Waals surface area contributed by atoms with Crippen molar-refractivity contribution in [3.05, 3.63) is 107 Å². The van der Waals surface area contributed by atoms with Gasteiger partial charge in [-0.3, -0.25) is 4.79 Å². The number of rotatable bonds is 7. The van der Waals surface area contributed by atoms with Crippen LogP contribution >= 0.6 is 11.8 Å². The Morgan fingerprint density at radius 2 is 1.83 bits per heavy atom. The Bertz CT molecular complexity index is 1410. The molecule has 1 aliphatic rings. The molecule has 4 aromatic rings. The maximum Gasteiger partial charge on any atom is 0.255 e. The fourth-order valence-electron chi connectivity index (χ4n) is 4.25. The monoisotopic (exact) mass is 497 g/mol. The third-order valence-corrected chi connectivity index (χ3v) is 6.90. The molecule has 0 saturated heterocycles. The molecule has 8 heteroatoms. The molecule has 1 amide bonds. The molecule has 0 bridgehead atoms. The molecular weight excluding hydrogens is 470 g/mol. The molecule has 2 N–H and O–H groups in total. The van der Waals surface area contributed by atoms with Crippen molar-refractivity contribution in [2.24, 2.45) is 0 Å². The van der Waals surface area contributed by atoms with Gasteiger partial charge in [0, 0.05) is 17.1 Å². The van der Waals surface area contributed by atoms with Gasteiger partial charge in [0.25, 0.3) is 5.91 Å². The van der Waals surface area contributed by atoms with Crippen LogP contribution in [0.2, 0.25) is 0 Å². The van der Waals surface area contributed by atoms with Crippen LogP contribution < -0.4 is 15.4 Å². The number of ether oxygens (including phenoxy) is 1. The summed E-state index contributed by atoms with van der Waals surface area (Å²) in [6, 6.07) is 25.1. The van der Waals surface area contributed by atoms with Gasteiger partial charge in [-0.15, -0.1) is 5.10 Å². The molecule has 0 aliphatic carbocycles. The Hall–Kier alpha value is -4.04. The van der Waals surface area contributed by atoms with Gasteiger partial charge >= 0.3 is 0 Å². The molecule has 1 atom stereocenters. The normalized spacial score (nSPS) is 14.7. The number of fused-ring (bicyclic) bond motifs is 1. The van der Waals surface area contributed by atoms with Crippen molar-refractivity contribution < 1.29 is 9.53 Å². The molecule has 182 valence electrons. The van der Waals surface area contributed by atoms with E-state index in [1.54, 1.807) is 23.6 Å². The maximum atomic E-state index is 13.5. The van der Waals surface area contributed by atoms with E-state index in [9.17, 15) is 4.79 Å². The van der Waals surface area contributed by atoms with Gasteiger partial charge in [0.2, 0.25) is 11.1 Å². The number of hydrogen-bond acceptors (Lipinski definition) is 6. The van der Waals surface area contributed by atoms with Crippen molar-refractivity contribution >= 4 is 29.3 Å². The van der Waals surface area contributed by atoms with E-state index < -0.39 is 6.04 Å². The summed E-state index contributed by atoms with van der Waals surface area (Å²) >= 11 is 1.57. The number of thioether (sulfide) groups is 1. The van der Waals surface area contributed by atoms with Crippen molar-refractivity contribution in [2.45, 2.75) is 30.8 Å². The fourth-order valence-corrected chi connectivity index (χ4v) is 5.02. The van der Waals surface area contributed by atoms with Gasteiger partial charge in [-0.2, -0.15) is 4.98 Å². The van der Waals surface area contributed by atoms with Gasteiger partial charge in [0.1, 0.15) is 11.8 Å². The molecule has 2 heterocycles. The van der Waals surface area contributed by atoms with Crippen LogP contribution in [0.5, 0.6) is 5.75 Å². The third kappa shape index (κ3) is 4.99. The first-order valence-corrected chi connectivity index (χ1v) is 12.6. The van der Waals surface area contributed by atoms with E-state index in [1.807, 2.05) is 61.5 Å². The molecule has 0 radical (unpaired) electrons. The molecule has 5 rings (SSSR count). The largest absolute Gasteiger partial charge is 0.497 e. The van der Waals surface area contributed by atoms with E-state index in [4.69, 9.17) is 14.8 Å². The number of anilines is 2. The summed E-state index contributed by atoms with van der Waals surface area (Å²) in [5.74, 6) is 1.92. The Balaban J connectivity index is 1.49. The van der Waals surface area contributed by atoms with Gasteiger partial charge in [0.05, 0.1) is 12.7 Å². The number of amides is 1. The van der Waals surface area contributed by atoms with Crippen LogP contribution in [0.4, 0.5) is 11.6 Å². The first kappa shape index (κ1) is 23.7. The highest BCUT2D eigenvalue weighted by atomic mass is 32.2. The Morgan fingerprint density at radius 1 is 1.06 bits per heavy atom. The molecule has 0 unspecified atom stereocenters. The first-order chi connectivity index (χ1) is 17.5. The van der Waals surface area contributed by atoms with Crippen LogP contribution in [0.1, 0.15) is 29.7 Å². The summed E-state index contributed by atoms with van der Waals surface area (Å²) in [7, 11) is 1.63. The average Bonchev–Trinajstić information content (AvgIpc) is 3.29. The molecule has 0 saturated carbocycles. The van der Waals surface area contributed by atoms with Gasteiger partial charge in [-0.1, -0.05) is 71.9 Å². The van der Waals surface area contributed by atoms with Gasteiger partial charge in [-0.05, 0) is 49.2 Å². The highest BCUT2D eigenvalue weighted by Gasteiger charge is 2.34. The number of allylic oxidation sites excluding steroid dienone is 1. The Kier molecular flexibility index (Phi) is 6.77. The van der Waals surface area contributed by atoms with E-state index >= 15 is 0 Å². The number of benzene rings is 3. The van der Waals surface area contributed by atoms with Crippen molar-refractivity contribution in [3.8, 4) is 5.75 Å². The molecule has 7 nitrogen and oxygen atoms in total. The summed E-state index contributed by atoms with van der Waals surface area (Å²) in [5.41, 5.74) is 5.40. The number of hydrogen-bond donors (Lipinski definition) is 2. The quantitative estimate of drug-likeness (QED) is 0.314. The molecule has 1 aliphatic heterocycles. The van der Waals surface area contributed by atoms with Crippen LogP contribution in [0, 0.1) is 6.92 Å². The van der Waals surface area contributed by atoms with Crippen LogP contribution in [0.15, 0.2) is 95.3 Å². The SMILES string of the molecule is COc1ccc([C@@H]2C(C(=O)Nc3ccccc3)=C(C)Nc3nc(SCc4cccc(C)c4)nn32)cc1. The minimum Gasteiger partial charge on any atom is -0.497 e. The molecule has 36 heavy (non-hydrogen) atoms. The summed E-state index contributed by atoms with van der Waals surface area (Å²) in [4.78, 5) is 18.3. The summed E-state index contributed by atoms with van der Waals surface area (Å²) in [5, 5.41) is 11.8. The van der Waals surface area contributed by atoms with Crippen molar-refractivity contribution in [1.29, 1.82) is 0 Å². The number of nitrogens with one attached hydrogen (secondary N) is 2. The van der Waals surface area contributed by atoms with Crippen LogP contribution in [-0.2, 0) is 10.5 Å². The lowest BCUT2D eigenvalue weighted by atomic mass is 9.95. The summed E-state index contributed by atoms with van der Waals surface area (Å²) < 4.78 is 7.14. The van der Waals surface area contributed by atoms with Gasteiger partial charge in [0.15, 0.2) is 0 Å². The average molecular weight is 498 g/mol. The van der Waals surface area contributed by atoms with Crippen LogP contribution in [-0.4, -0.2) is 27.8 Å². The van der Waals surface area contributed by atoms with Crippen LogP contribution in [0.3, 0.4) is 0 Å². The predicted octanol–water partition coefficient (Wildman–Crippen LogP) is 5.82. The number of aromatic nitrogens is 3. The second-order valence-corrected chi connectivity index (χ2v) is 9.54. The summed E-state index contributed by atoms with van der Waals surface area (Å²) in [6.07, 6.45) is 0. The molecule has 0 spiro atoms. The van der Waals surface area contributed by atoms with E-state index in [-0.39, 0.29) is 5.91 Å². The number of nitrogens with zero attached hydrogens (tertiary/aromatic N) is 3. The first-order valence-electron chi connectivity index (χ1n) is 11.6. The highest BCUT2D eigenvalue weighted by Crippen LogP contribution is 2.37. The maximum absolute atomic E-state index is 13.5. The molecule has 3 aromatic carbocycles. The molecule has 1 aromatic heterocycles. The lowest BCUT2D eigenvalue weighted by Gasteiger charge is -2.28. The van der Waals surface area contributed by atoms with Crippen molar-refractivity contribution in [1.82, 2.24) is 14.8 Å². The van der Waals surface area contributed by atoms with Crippen molar-refractivity contribution in [2.75, 3.05) is 17.7 Å². The van der Waals surface area contributed by atoms with Gasteiger partial charge in [-0.25, -0.2) is 4.68 Å². The Morgan fingerprint density at radius 3 is 2.56 bits per heavy atom. The zero-order valence-corrected chi connectivity index (χ0v) is 21.2. The van der Waals surface area contributed by atoms with E-state index in [0.717, 1.165) is 28.5 Å². The summed E-state index contributed by atoms with van der Waals surface area (Å²) in [6.45, 7) is 3.98. The number of aryl methyl sites for hydroxylation is 1. The lowest BCUT2D eigenvalue weighted by molar-refractivity contribution is -0.113. The zero-order chi connectivity index (χ0) is 25.1. The zero-order valence-electron chi connectivity index (χ0n) is 20.4. The minimum absolute atomic E-state index is 0.192. The topological polar surface area (TPSA) is 81.1 Å². The highest BCUT2D eigenvalue weighted by molar-refractivity contribution is 7.98. The van der Waals surface area contributed by atoms with E-state index in [2.05, 4.69) is 41.8 Å². The molecule has 0 fully saturated rings. The van der Waals surface area contributed by atoms with Gasteiger partial charge < -0.3 is 15.4 Å². The van der Waals surface area contributed by atoms with Crippen molar-refractivity contribution in [3.63, 3.8) is 0 Å². The third-order valence-electron chi connectivity index (χ3n) is 5.99. The second kappa shape index (κ2) is 10.3. The fraction of sp³-hybridized carbons (Fsp3) is 0.179. The smallest absolute Gasteiger partial charge is 0.255 e. The second-order valence-electron chi connectivity index (χ2n) is 8.60. The van der Waals surface area contributed by atoms with E-state index in [0.29, 0.717) is 16.7 Å². The van der Waals surface area contributed by atoms with E-state index in [1.165, 1.54) is 11.1 Å². The lowest BCUT2D eigenvalue weighted by Crippen LogP contribution is -2.31. The predicted molar refractivity (Wildman–Crippen MR) is 143 cm³/mol. The van der Waals surface area contributed by atoms with Crippen LogP contribution in [0.25, 0.3) is 0 Å². The number of carbonyl (C=O) groups is 1. The number of para-hydroxylation sites is 1. The number of methoxy groups -OCH3 is 1. The minimum atomic E-state index is -0.448.